The minimum absolute atomic E-state index is 0.176. The summed E-state index contributed by atoms with van der Waals surface area (Å²) in [6.45, 7) is 3.32. The predicted molar refractivity (Wildman–Crippen MR) is 63.7 cm³/mol. The van der Waals surface area contributed by atoms with Gasteiger partial charge in [-0.25, -0.2) is 0 Å². The fourth-order valence-electron chi connectivity index (χ4n) is 1.89. The van der Waals surface area contributed by atoms with E-state index in [1.165, 1.54) is 12.2 Å². The van der Waals surface area contributed by atoms with E-state index in [-0.39, 0.29) is 5.57 Å². The molecule has 0 radical (unpaired) electrons. The largest absolute Gasteiger partial charge is 0.286 e. The first-order valence-electron chi connectivity index (χ1n) is 5.38. The third-order valence-corrected chi connectivity index (χ3v) is 2.78. The highest BCUT2D eigenvalue weighted by atomic mass is 16.2. The standard InChI is InChI=1S/C14H10O4/c1-7-3-10(14(18)13(17)4-7)9-6-12(16)11(15)5-8(9)2/h3-6H,1-2H3. The summed E-state index contributed by atoms with van der Waals surface area (Å²) in [4.78, 5) is 45.8. The molecule has 0 heterocycles. The first-order chi connectivity index (χ1) is 8.40. The number of hydrogen-bond acceptors (Lipinski definition) is 4. The van der Waals surface area contributed by atoms with Gasteiger partial charge in [0.2, 0.25) is 23.1 Å². The molecule has 2 aliphatic carbocycles. The quantitative estimate of drug-likeness (QED) is 0.509. The average molecular weight is 242 g/mol. The van der Waals surface area contributed by atoms with Crippen molar-refractivity contribution in [3.63, 3.8) is 0 Å². The van der Waals surface area contributed by atoms with Gasteiger partial charge in [-0.1, -0.05) is 0 Å². The monoisotopic (exact) mass is 242 g/mol. The van der Waals surface area contributed by atoms with Gasteiger partial charge < -0.3 is 0 Å². The highest BCUT2D eigenvalue weighted by molar-refractivity contribution is 6.51. The van der Waals surface area contributed by atoms with Crippen LogP contribution in [-0.4, -0.2) is 23.1 Å². The second-order valence-electron chi connectivity index (χ2n) is 4.25. The molecule has 0 N–H and O–H groups in total. The molecule has 0 spiro atoms. The SMILES string of the molecule is CC1=CC(=O)C(=O)C(C2=CC(=O)C(=O)C=C2C)=C1. The Balaban J connectivity index is 2.53. The molecule has 2 aliphatic rings. The predicted octanol–water partition coefficient (Wildman–Crippen LogP) is 1.04. The lowest BCUT2D eigenvalue weighted by atomic mass is 9.85. The number of rotatable bonds is 1. The van der Waals surface area contributed by atoms with Crippen LogP contribution in [0.3, 0.4) is 0 Å². The van der Waals surface area contributed by atoms with Crippen molar-refractivity contribution in [2.24, 2.45) is 0 Å². The van der Waals surface area contributed by atoms with Crippen molar-refractivity contribution in [1.29, 1.82) is 0 Å². The van der Waals surface area contributed by atoms with Gasteiger partial charge in [-0.15, -0.1) is 0 Å². The molecule has 2 rings (SSSR count). The van der Waals surface area contributed by atoms with Crippen LogP contribution in [0.4, 0.5) is 0 Å². The molecule has 0 saturated carbocycles. The first kappa shape index (κ1) is 12.1. The number of carbonyl (C=O) groups excluding carboxylic acids is 4. The summed E-state index contributed by atoms with van der Waals surface area (Å²) >= 11 is 0. The highest BCUT2D eigenvalue weighted by Gasteiger charge is 2.28. The Morgan fingerprint density at radius 2 is 1.28 bits per heavy atom. The zero-order valence-electron chi connectivity index (χ0n) is 9.94. The molecular weight excluding hydrogens is 232 g/mol. The molecule has 0 aromatic heterocycles. The molecule has 0 atom stereocenters. The molecule has 0 aromatic carbocycles. The lowest BCUT2D eigenvalue weighted by Crippen LogP contribution is -2.22. The Hall–Kier alpha value is -2.36. The van der Waals surface area contributed by atoms with Crippen molar-refractivity contribution >= 4 is 23.1 Å². The second kappa shape index (κ2) is 4.14. The summed E-state index contributed by atoms with van der Waals surface area (Å²) in [7, 11) is 0. The third-order valence-electron chi connectivity index (χ3n) is 2.78. The van der Waals surface area contributed by atoms with Gasteiger partial charge in [0.15, 0.2) is 0 Å². The van der Waals surface area contributed by atoms with E-state index in [1.807, 2.05) is 0 Å². The second-order valence-corrected chi connectivity index (χ2v) is 4.25. The van der Waals surface area contributed by atoms with E-state index in [1.54, 1.807) is 19.9 Å². The summed E-state index contributed by atoms with van der Waals surface area (Å²) in [5.41, 5.74) is 1.69. The van der Waals surface area contributed by atoms with Crippen LogP contribution in [0.15, 0.2) is 46.6 Å². The van der Waals surface area contributed by atoms with Gasteiger partial charge in [-0.05, 0) is 54.9 Å². The minimum atomic E-state index is -0.677. The van der Waals surface area contributed by atoms with E-state index in [9.17, 15) is 19.2 Å². The van der Waals surface area contributed by atoms with Crippen molar-refractivity contribution in [2.45, 2.75) is 13.8 Å². The fraction of sp³-hybridized carbons (Fsp3) is 0.143. The van der Waals surface area contributed by atoms with Gasteiger partial charge in [0, 0.05) is 5.57 Å². The number of carbonyl (C=O) groups is 4. The van der Waals surface area contributed by atoms with Crippen molar-refractivity contribution in [3.8, 4) is 0 Å². The average Bonchev–Trinajstić information content (AvgIpc) is 2.29. The van der Waals surface area contributed by atoms with Crippen molar-refractivity contribution < 1.29 is 19.2 Å². The van der Waals surface area contributed by atoms with Crippen molar-refractivity contribution in [3.05, 3.63) is 46.6 Å². The minimum Gasteiger partial charge on any atom is -0.286 e. The number of Topliss-reactive ketones (excluding diaryl/α,β-unsaturated/α-hetero) is 1. The number of hydrogen-bond donors (Lipinski definition) is 0. The van der Waals surface area contributed by atoms with Crippen LogP contribution >= 0.6 is 0 Å². The van der Waals surface area contributed by atoms with Crippen LogP contribution in [0, 0.1) is 0 Å². The first-order valence-corrected chi connectivity index (χ1v) is 5.38. The molecular formula is C14H10O4. The molecule has 0 aromatic rings. The molecule has 4 heteroatoms. The maximum Gasteiger partial charge on any atom is 0.233 e. The van der Waals surface area contributed by atoms with Gasteiger partial charge in [0.1, 0.15) is 0 Å². The Bertz CT molecular complexity index is 624. The smallest absolute Gasteiger partial charge is 0.233 e. The normalized spacial score (nSPS) is 20.3. The van der Waals surface area contributed by atoms with Gasteiger partial charge in [-0.3, -0.25) is 19.2 Å². The molecule has 0 bridgehead atoms. The maximum atomic E-state index is 11.8. The third kappa shape index (κ3) is 1.93. The highest BCUT2D eigenvalue weighted by Crippen LogP contribution is 2.27. The van der Waals surface area contributed by atoms with Crippen LogP contribution in [0.1, 0.15) is 13.8 Å². The van der Waals surface area contributed by atoms with E-state index < -0.39 is 23.1 Å². The Labute approximate surface area is 103 Å². The zero-order chi connectivity index (χ0) is 13.4. The molecule has 4 nitrogen and oxygen atoms in total. The van der Waals surface area contributed by atoms with E-state index in [0.717, 1.165) is 6.08 Å². The molecule has 0 amide bonds. The van der Waals surface area contributed by atoms with Gasteiger partial charge in [0.25, 0.3) is 0 Å². The van der Waals surface area contributed by atoms with Crippen LogP contribution in [-0.2, 0) is 19.2 Å². The van der Waals surface area contributed by atoms with Crippen LogP contribution < -0.4 is 0 Å². The Kier molecular flexibility index (Phi) is 2.79. The zero-order valence-corrected chi connectivity index (χ0v) is 9.94. The van der Waals surface area contributed by atoms with Crippen LogP contribution in [0.2, 0.25) is 0 Å². The topological polar surface area (TPSA) is 68.3 Å². The van der Waals surface area contributed by atoms with Crippen molar-refractivity contribution in [1.82, 2.24) is 0 Å². The molecule has 0 fully saturated rings. The summed E-state index contributed by atoms with van der Waals surface area (Å²) in [5, 5.41) is 0. The summed E-state index contributed by atoms with van der Waals surface area (Å²) < 4.78 is 0. The number of ketones is 4. The molecule has 0 saturated heterocycles. The lowest BCUT2D eigenvalue weighted by molar-refractivity contribution is -0.131. The van der Waals surface area contributed by atoms with Gasteiger partial charge >= 0.3 is 0 Å². The molecule has 0 aliphatic heterocycles. The summed E-state index contributed by atoms with van der Waals surface area (Å²) in [6, 6.07) is 0. The van der Waals surface area contributed by atoms with Gasteiger partial charge in [-0.2, -0.15) is 0 Å². The fourth-order valence-corrected chi connectivity index (χ4v) is 1.89. The van der Waals surface area contributed by atoms with Gasteiger partial charge in [0.05, 0.1) is 0 Å². The Morgan fingerprint density at radius 1 is 0.667 bits per heavy atom. The summed E-state index contributed by atoms with van der Waals surface area (Å²) in [6.07, 6.45) is 5.11. The molecule has 0 unspecified atom stereocenters. The van der Waals surface area contributed by atoms with Crippen LogP contribution in [0.5, 0.6) is 0 Å². The van der Waals surface area contributed by atoms with E-state index >= 15 is 0 Å². The maximum absolute atomic E-state index is 11.8. The summed E-state index contributed by atoms with van der Waals surface area (Å²) in [5.74, 6) is -2.55. The number of allylic oxidation sites excluding steroid dienone is 8. The molecule has 18 heavy (non-hydrogen) atoms. The van der Waals surface area contributed by atoms with E-state index in [0.29, 0.717) is 16.7 Å². The molecule has 90 valence electrons. The van der Waals surface area contributed by atoms with E-state index in [4.69, 9.17) is 0 Å². The Morgan fingerprint density at radius 3 is 1.94 bits per heavy atom. The van der Waals surface area contributed by atoms with E-state index in [2.05, 4.69) is 0 Å². The van der Waals surface area contributed by atoms with Crippen LogP contribution in [0.25, 0.3) is 0 Å². The lowest BCUT2D eigenvalue weighted by Gasteiger charge is -2.16. The van der Waals surface area contributed by atoms with Crippen molar-refractivity contribution in [2.75, 3.05) is 0 Å².